The molecule has 0 aliphatic heterocycles. The molecule has 1 rings (SSSR count). The molecule has 3 heteroatoms. The predicted molar refractivity (Wildman–Crippen MR) is 72.1 cm³/mol. The highest BCUT2D eigenvalue weighted by Gasteiger charge is 2.09. The Kier molecular flexibility index (Phi) is 6.24. The Morgan fingerprint density at radius 2 is 2.28 bits per heavy atom. The van der Waals surface area contributed by atoms with Gasteiger partial charge in [-0.15, -0.1) is 12.3 Å². The molecule has 0 radical (unpaired) electrons. The molecular formula is C15H20FNO. The Labute approximate surface area is 109 Å². The van der Waals surface area contributed by atoms with Gasteiger partial charge in [-0.2, -0.15) is 0 Å². The van der Waals surface area contributed by atoms with Crippen LogP contribution in [0.3, 0.4) is 0 Å². The summed E-state index contributed by atoms with van der Waals surface area (Å²) in [6, 6.07) is 5.19. The number of nitrogens with one attached hydrogen (secondary N) is 1. The van der Waals surface area contributed by atoms with Gasteiger partial charge in [0, 0.05) is 12.5 Å². The number of halogens is 1. The van der Waals surface area contributed by atoms with Crippen LogP contribution in [0.4, 0.5) is 4.39 Å². The topological polar surface area (TPSA) is 21.3 Å². The third kappa shape index (κ3) is 4.38. The van der Waals surface area contributed by atoms with Crippen LogP contribution in [0.5, 0.6) is 5.75 Å². The van der Waals surface area contributed by atoms with Crippen LogP contribution in [-0.4, -0.2) is 13.2 Å². The molecule has 1 unspecified atom stereocenters. The quantitative estimate of drug-likeness (QED) is 0.591. The van der Waals surface area contributed by atoms with Gasteiger partial charge in [0.05, 0.1) is 6.61 Å². The molecule has 1 N–H and O–H groups in total. The smallest absolute Gasteiger partial charge is 0.165 e. The average molecular weight is 249 g/mol. The minimum Gasteiger partial charge on any atom is -0.490 e. The van der Waals surface area contributed by atoms with Crippen molar-refractivity contribution in [1.82, 2.24) is 5.32 Å². The molecule has 0 fully saturated rings. The van der Waals surface area contributed by atoms with E-state index in [4.69, 9.17) is 11.2 Å². The summed E-state index contributed by atoms with van der Waals surface area (Å²) < 4.78 is 19.0. The Morgan fingerprint density at radius 1 is 1.50 bits per heavy atom. The van der Waals surface area contributed by atoms with E-state index in [-0.39, 0.29) is 17.6 Å². The van der Waals surface area contributed by atoms with Crippen LogP contribution in [0.25, 0.3) is 0 Å². The summed E-state index contributed by atoms with van der Waals surface area (Å²) in [6.45, 7) is 5.38. The second-order valence-corrected chi connectivity index (χ2v) is 4.17. The zero-order valence-corrected chi connectivity index (χ0v) is 11.0. The van der Waals surface area contributed by atoms with Crippen LogP contribution in [0.15, 0.2) is 18.2 Å². The van der Waals surface area contributed by atoms with Crippen LogP contribution in [0.1, 0.15) is 38.3 Å². The lowest BCUT2D eigenvalue weighted by atomic mass is 10.1. The standard InChI is InChI=1S/C15H20FNO/c1-4-6-10-18-15-8-7-13(11-14(15)16)12(3)17-9-5-2/h1,7-8,11-12,17H,5-6,9-10H2,2-3H3. The van der Waals surface area contributed by atoms with Gasteiger partial charge in [0.25, 0.3) is 0 Å². The van der Waals surface area contributed by atoms with Crippen molar-refractivity contribution in [3.05, 3.63) is 29.6 Å². The number of ether oxygens (including phenoxy) is 1. The SMILES string of the molecule is C#CCCOc1ccc(C(C)NCCC)cc1F. The minimum absolute atomic E-state index is 0.138. The fourth-order valence-electron chi connectivity index (χ4n) is 1.60. The summed E-state index contributed by atoms with van der Waals surface area (Å²) in [5.41, 5.74) is 0.922. The van der Waals surface area contributed by atoms with Crippen molar-refractivity contribution < 1.29 is 9.13 Å². The highest BCUT2D eigenvalue weighted by molar-refractivity contribution is 5.30. The van der Waals surface area contributed by atoms with E-state index in [1.54, 1.807) is 6.07 Å². The lowest BCUT2D eigenvalue weighted by Crippen LogP contribution is -2.19. The first-order chi connectivity index (χ1) is 8.69. The number of hydrogen-bond acceptors (Lipinski definition) is 2. The molecule has 1 aromatic carbocycles. The molecule has 0 heterocycles. The second kappa shape index (κ2) is 7.73. The van der Waals surface area contributed by atoms with Gasteiger partial charge in [-0.3, -0.25) is 0 Å². The fraction of sp³-hybridized carbons (Fsp3) is 0.467. The summed E-state index contributed by atoms with van der Waals surface area (Å²) in [7, 11) is 0. The normalized spacial score (nSPS) is 11.9. The van der Waals surface area contributed by atoms with Gasteiger partial charge in [-0.05, 0) is 37.6 Å². The molecule has 0 saturated carbocycles. The molecule has 1 aromatic rings. The molecule has 2 nitrogen and oxygen atoms in total. The zero-order chi connectivity index (χ0) is 13.4. The molecule has 0 amide bonds. The maximum Gasteiger partial charge on any atom is 0.165 e. The molecule has 98 valence electrons. The summed E-state index contributed by atoms with van der Waals surface area (Å²) in [5, 5.41) is 3.31. The maximum absolute atomic E-state index is 13.8. The number of hydrogen-bond donors (Lipinski definition) is 1. The lowest BCUT2D eigenvalue weighted by molar-refractivity contribution is 0.309. The van der Waals surface area contributed by atoms with E-state index < -0.39 is 0 Å². The van der Waals surface area contributed by atoms with Crippen molar-refractivity contribution in [3.8, 4) is 18.1 Å². The molecule has 0 spiro atoms. The van der Waals surface area contributed by atoms with Gasteiger partial charge in [0.2, 0.25) is 0 Å². The van der Waals surface area contributed by atoms with Gasteiger partial charge in [0.1, 0.15) is 0 Å². The monoisotopic (exact) mass is 249 g/mol. The van der Waals surface area contributed by atoms with E-state index >= 15 is 0 Å². The number of benzene rings is 1. The van der Waals surface area contributed by atoms with Gasteiger partial charge in [-0.1, -0.05) is 13.0 Å². The van der Waals surface area contributed by atoms with Crippen molar-refractivity contribution in [2.45, 2.75) is 32.7 Å². The zero-order valence-electron chi connectivity index (χ0n) is 11.0. The Bertz CT molecular complexity index is 411. The molecule has 0 aliphatic carbocycles. The van der Waals surface area contributed by atoms with E-state index in [9.17, 15) is 4.39 Å². The van der Waals surface area contributed by atoms with Crippen LogP contribution in [0, 0.1) is 18.2 Å². The van der Waals surface area contributed by atoms with E-state index in [1.165, 1.54) is 6.07 Å². The van der Waals surface area contributed by atoms with Crippen molar-refractivity contribution in [2.75, 3.05) is 13.2 Å². The molecule has 0 bridgehead atoms. The molecule has 0 aromatic heterocycles. The van der Waals surface area contributed by atoms with Gasteiger partial charge in [-0.25, -0.2) is 4.39 Å². The summed E-state index contributed by atoms with van der Waals surface area (Å²) in [6.07, 6.45) is 6.65. The maximum atomic E-state index is 13.8. The molecular weight excluding hydrogens is 229 g/mol. The molecule has 0 saturated heterocycles. The fourth-order valence-corrected chi connectivity index (χ4v) is 1.60. The Balaban J connectivity index is 2.64. The van der Waals surface area contributed by atoms with E-state index in [2.05, 4.69) is 18.2 Å². The third-order valence-electron chi connectivity index (χ3n) is 2.66. The molecule has 1 atom stereocenters. The summed E-state index contributed by atoms with van der Waals surface area (Å²) in [4.78, 5) is 0. The Hall–Kier alpha value is -1.53. The summed E-state index contributed by atoms with van der Waals surface area (Å²) >= 11 is 0. The highest BCUT2D eigenvalue weighted by atomic mass is 19.1. The van der Waals surface area contributed by atoms with E-state index in [1.807, 2.05) is 13.0 Å². The number of terminal acetylenes is 1. The van der Waals surface area contributed by atoms with Gasteiger partial charge < -0.3 is 10.1 Å². The molecule has 18 heavy (non-hydrogen) atoms. The first-order valence-corrected chi connectivity index (χ1v) is 6.28. The predicted octanol–water partition coefficient (Wildman–Crippen LogP) is 3.29. The van der Waals surface area contributed by atoms with E-state index in [0.29, 0.717) is 13.0 Å². The van der Waals surface area contributed by atoms with Gasteiger partial charge >= 0.3 is 0 Å². The van der Waals surface area contributed by atoms with Crippen LogP contribution >= 0.6 is 0 Å². The van der Waals surface area contributed by atoms with Crippen molar-refractivity contribution in [1.29, 1.82) is 0 Å². The second-order valence-electron chi connectivity index (χ2n) is 4.17. The lowest BCUT2D eigenvalue weighted by Gasteiger charge is -2.14. The van der Waals surface area contributed by atoms with Crippen molar-refractivity contribution >= 4 is 0 Å². The largest absolute Gasteiger partial charge is 0.490 e. The van der Waals surface area contributed by atoms with Crippen molar-refractivity contribution in [2.24, 2.45) is 0 Å². The highest BCUT2D eigenvalue weighted by Crippen LogP contribution is 2.22. The van der Waals surface area contributed by atoms with Crippen LogP contribution in [0.2, 0.25) is 0 Å². The van der Waals surface area contributed by atoms with Crippen LogP contribution in [-0.2, 0) is 0 Å². The van der Waals surface area contributed by atoms with Crippen LogP contribution < -0.4 is 10.1 Å². The number of rotatable bonds is 7. The average Bonchev–Trinajstić information content (AvgIpc) is 2.38. The first kappa shape index (κ1) is 14.5. The van der Waals surface area contributed by atoms with E-state index in [0.717, 1.165) is 18.5 Å². The minimum atomic E-state index is -0.338. The molecule has 0 aliphatic rings. The third-order valence-corrected chi connectivity index (χ3v) is 2.66. The first-order valence-electron chi connectivity index (χ1n) is 6.28. The summed E-state index contributed by atoms with van der Waals surface area (Å²) in [5.74, 6) is 2.38. The van der Waals surface area contributed by atoms with Gasteiger partial charge in [0.15, 0.2) is 11.6 Å². The van der Waals surface area contributed by atoms with Crippen molar-refractivity contribution in [3.63, 3.8) is 0 Å². The Morgan fingerprint density at radius 3 is 2.89 bits per heavy atom.